The summed E-state index contributed by atoms with van der Waals surface area (Å²) in [5.74, 6) is 0.894. The van der Waals surface area contributed by atoms with Gasteiger partial charge in [-0.25, -0.2) is 0 Å². The Morgan fingerprint density at radius 3 is 1.58 bits per heavy atom. The molecule has 0 saturated heterocycles. The van der Waals surface area contributed by atoms with E-state index in [0.29, 0.717) is 0 Å². The molecule has 1 nitrogen and oxygen atoms in total. The average molecular weight is 461 g/mol. The second-order valence-electron chi connectivity index (χ2n) is 10.5. The maximum atomic E-state index is 5.87. The SMILES string of the molecule is COc1ccc2cc([Si](C)(C)C)ccc2c1-c1c(S)ccc2cc([Si](C)(C)C)ccc12. The highest BCUT2D eigenvalue weighted by molar-refractivity contribution is 7.80. The molecule has 4 aromatic carbocycles. The largest absolute Gasteiger partial charge is 0.496 e. The van der Waals surface area contributed by atoms with Crippen molar-refractivity contribution in [3.8, 4) is 16.9 Å². The van der Waals surface area contributed by atoms with Crippen LogP contribution < -0.4 is 15.1 Å². The molecule has 0 aromatic heterocycles. The van der Waals surface area contributed by atoms with Gasteiger partial charge in [0, 0.05) is 16.0 Å². The second-order valence-corrected chi connectivity index (χ2v) is 21.1. The molecule has 0 heterocycles. The van der Waals surface area contributed by atoms with Crippen LogP contribution in [-0.2, 0) is 0 Å². The van der Waals surface area contributed by atoms with Gasteiger partial charge in [-0.1, -0.05) is 98.2 Å². The molecule has 0 unspecified atom stereocenters. The van der Waals surface area contributed by atoms with Crippen molar-refractivity contribution in [2.45, 2.75) is 44.2 Å². The van der Waals surface area contributed by atoms with E-state index in [1.54, 1.807) is 7.11 Å². The molecule has 0 N–H and O–H groups in total. The first-order valence-electron chi connectivity index (χ1n) is 10.9. The second kappa shape index (κ2) is 7.84. The highest BCUT2D eigenvalue weighted by atomic mass is 32.1. The fourth-order valence-electron chi connectivity index (χ4n) is 4.25. The van der Waals surface area contributed by atoms with E-state index < -0.39 is 16.1 Å². The van der Waals surface area contributed by atoms with Crippen LogP contribution in [0.5, 0.6) is 5.75 Å². The molecular formula is C27H32OSSi2. The lowest BCUT2D eigenvalue weighted by atomic mass is 9.93. The maximum absolute atomic E-state index is 5.87. The van der Waals surface area contributed by atoms with Gasteiger partial charge >= 0.3 is 0 Å². The molecule has 0 aliphatic carbocycles. The van der Waals surface area contributed by atoms with Crippen LogP contribution in [0.3, 0.4) is 0 Å². The molecule has 0 amide bonds. The van der Waals surface area contributed by atoms with Crippen molar-refractivity contribution >= 4 is 60.7 Å². The van der Waals surface area contributed by atoms with E-state index >= 15 is 0 Å². The first-order chi connectivity index (χ1) is 14.5. The lowest BCUT2D eigenvalue weighted by Crippen LogP contribution is -2.37. The fourth-order valence-corrected chi connectivity index (χ4v) is 6.90. The Morgan fingerprint density at radius 2 is 1.10 bits per heavy atom. The van der Waals surface area contributed by atoms with Crippen molar-refractivity contribution in [3.63, 3.8) is 0 Å². The number of fused-ring (bicyclic) bond motifs is 2. The van der Waals surface area contributed by atoms with Crippen LogP contribution in [0.2, 0.25) is 39.3 Å². The van der Waals surface area contributed by atoms with Gasteiger partial charge in [-0.15, -0.1) is 12.6 Å². The van der Waals surface area contributed by atoms with Crippen molar-refractivity contribution in [1.82, 2.24) is 0 Å². The summed E-state index contributed by atoms with van der Waals surface area (Å²) in [6.45, 7) is 14.4. The lowest BCUT2D eigenvalue weighted by molar-refractivity contribution is 0.417. The topological polar surface area (TPSA) is 9.23 Å². The molecular weight excluding hydrogens is 429 g/mol. The molecule has 0 aliphatic rings. The standard InChI is InChI=1S/C27H32OSSi2/c1-28-24-14-8-18-16-20(30(2,3)4)10-12-22(18)26(24)27-23-13-11-21(31(5,6)7)17-19(23)9-15-25(27)29/h8-17,29H,1-7H3. The third-order valence-corrected chi connectivity index (χ3v) is 10.6. The molecule has 160 valence electrons. The van der Waals surface area contributed by atoms with Gasteiger partial charge in [0.15, 0.2) is 0 Å². The summed E-state index contributed by atoms with van der Waals surface area (Å²) >= 11 is 4.91. The minimum atomic E-state index is -1.39. The zero-order valence-corrected chi connectivity index (χ0v) is 22.5. The third kappa shape index (κ3) is 4.09. The van der Waals surface area contributed by atoms with Crippen LogP contribution in [0.1, 0.15) is 0 Å². The Kier molecular flexibility index (Phi) is 5.61. The molecule has 0 aliphatic heterocycles. The van der Waals surface area contributed by atoms with Crippen molar-refractivity contribution < 1.29 is 4.74 Å². The van der Waals surface area contributed by atoms with E-state index in [2.05, 4.69) is 99.9 Å². The maximum Gasteiger partial charge on any atom is 0.127 e. The number of methoxy groups -OCH3 is 1. The van der Waals surface area contributed by atoms with Crippen LogP contribution in [-0.4, -0.2) is 23.3 Å². The highest BCUT2D eigenvalue weighted by Crippen LogP contribution is 2.43. The molecule has 4 heteroatoms. The summed E-state index contributed by atoms with van der Waals surface area (Å²) in [7, 11) is -1.02. The van der Waals surface area contributed by atoms with Gasteiger partial charge in [0.1, 0.15) is 5.75 Å². The summed E-state index contributed by atoms with van der Waals surface area (Å²) in [6, 6.07) is 22.6. The molecule has 0 saturated carbocycles. The number of hydrogen-bond donors (Lipinski definition) is 1. The monoisotopic (exact) mass is 460 g/mol. The van der Waals surface area contributed by atoms with Crippen molar-refractivity contribution in [2.75, 3.05) is 7.11 Å². The minimum absolute atomic E-state index is 0.894. The highest BCUT2D eigenvalue weighted by Gasteiger charge is 2.21. The van der Waals surface area contributed by atoms with Gasteiger partial charge in [0.25, 0.3) is 0 Å². The average Bonchev–Trinajstić information content (AvgIpc) is 2.71. The molecule has 0 spiro atoms. The van der Waals surface area contributed by atoms with Gasteiger partial charge < -0.3 is 4.74 Å². The van der Waals surface area contributed by atoms with E-state index in [-0.39, 0.29) is 0 Å². The summed E-state index contributed by atoms with van der Waals surface area (Å²) in [5.41, 5.74) is 2.30. The molecule has 0 bridgehead atoms. The van der Waals surface area contributed by atoms with E-state index in [9.17, 15) is 0 Å². The van der Waals surface area contributed by atoms with E-state index in [4.69, 9.17) is 17.4 Å². The van der Waals surface area contributed by atoms with Crippen LogP contribution in [0, 0.1) is 0 Å². The first kappa shape index (κ1) is 22.2. The Balaban J connectivity index is 2.07. The zero-order chi connectivity index (χ0) is 22.6. The lowest BCUT2D eigenvalue weighted by Gasteiger charge is -2.21. The zero-order valence-electron chi connectivity index (χ0n) is 19.6. The molecule has 4 aromatic rings. The number of benzene rings is 4. The molecule has 4 rings (SSSR count). The molecule has 31 heavy (non-hydrogen) atoms. The number of rotatable bonds is 4. The Morgan fingerprint density at radius 1 is 0.613 bits per heavy atom. The van der Waals surface area contributed by atoms with E-state index in [0.717, 1.165) is 21.8 Å². The van der Waals surface area contributed by atoms with Gasteiger partial charge in [-0.05, 0) is 33.7 Å². The van der Waals surface area contributed by atoms with Crippen LogP contribution in [0.4, 0.5) is 0 Å². The quantitative estimate of drug-likeness (QED) is 0.254. The predicted octanol–water partition coefficient (Wildman–Crippen LogP) is 7.05. The Bertz CT molecular complexity index is 1300. The molecule has 0 atom stereocenters. The smallest absolute Gasteiger partial charge is 0.127 e. The minimum Gasteiger partial charge on any atom is -0.496 e. The van der Waals surface area contributed by atoms with Gasteiger partial charge in [-0.3, -0.25) is 0 Å². The fraction of sp³-hybridized carbons (Fsp3) is 0.259. The normalized spacial score (nSPS) is 12.5. The van der Waals surface area contributed by atoms with E-state index in [1.807, 2.05) is 0 Å². The van der Waals surface area contributed by atoms with Crippen LogP contribution in [0.25, 0.3) is 32.7 Å². The summed E-state index contributed by atoms with van der Waals surface area (Å²) in [6.07, 6.45) is 0. The third-order valence-electron chi connectivity index (χ3n) is 6.18. The van der Waals surface area contributed by atoms with Crippen LogP contribution in [0.15, 0.2) is 65.6 Å². The number of ether oxygens (including phenoxy) is 1. The summed E-state index contributed by atoms with van der Waals surface area (Å²) < 4.78 is 5.87. The van der Waals surface area contributed by atoms with E-state index in [1.165, 1.54) is 31.9 Å². The number of thiol groups is 1. The van der Waals surface area contributed by atoms with Gasteiger partial charge in [0.2, 0.25) is 0 Å². The summed E-state index contributed by atoms with van der Waals surface area (Å²) in [5, 5.41) is 7.93. The predicted molar refractivity (Wildman–Crippen MR) is 147 cm³/mol. The Labute approximate surface area is 193 Å². The molecule has 0 fully saturated rings. The van der Waals surface area contributed by atoms with Gasteiger partial charge in [0.05, 0.1) is 23.3 Å². The van der Waals surface area contributed by atoms with Crippen LogP contribution >= 0.6 is 12.6 Å². The van der Waals surface area contributed by atoms with Gasteiger partial charge in [-0.2, -0.15) is 0 Å². The van der Waals surface area contributed by atoms with Crippen molar-refractivity contribution in [2.24, 2.45) is 0 Å². The number of hydrogen-bond acceptors (Lipinski definition) is 2. The van der Waals surface area contributed by atoms with Crippen molar-refractivity contribution in [3.05, 3.63) is 60.7 Å². The first-order valence-corrected chi connectivity index (χ1v) is 18.3. The molecule has 0 radical (unpaired) electrons. The summed E-state index contributed by atoms with van der Waals surface area (Å²) in [4.78, 5) is 0.980. The Hall–Kier alpha value is -2.02. The van der Waals surface area contributed by atoms with Crippen molar-refractivity contribution in [1.29, 1.82) is 0 Å².